The highest BCUT2D eigenvalue weighted by molar-refractivity contribution is 7.99. The Balaban J connectivity index is 2.48. The molecule has 0 amide bonds. The molecule has 0 heterocycles. The molecule has 0 aliphatic heterocycles. The maximum atomic E-state index is 11.6. The second kappa shape index (κ2) is 17.1. The lowest BCUT2D eigenvalue weighted by molar-refractivity contribution is 0.110. The van der Waals surface area contributed by atoms with E-state index in [-0.39, 0.29) is 0 Å². The van der Waals surface area contributed by atoms with Gasteiger partial charge in [0.05, 0.1) is 0 Å². The van der Waals surface area contributed by atoms with Crippen molar-refractivity contribution in [3.05, 3.63) is 23.3 Å². The van der Waals surface area contributed by atoms with E-state index in [0.29, 0.717) is 0 Å². The SMILES string of the molecule is CCCCCCCCSc1cc(C=O)c(SCCCCCCCC)cc1C=O. The normalized spacial score (nSPS) is 10.9. The molecule has 0 unspecified atom stereocenters. The van der Waals surface area contributed by atoms with Crippen LogP contribution < -0.4 is 0 Å². The van der Waals surface area contributed by atoms with Crippen LogP contribution in [0.3, 0.4) is 0 Å². The number of hydrogen-bond donors (Lipinski definition) is 0. The van der Waals surface area contributed by atoms with E-state index in [4.69, 9.17) is 0 Å². The number of thioether (sulfide) groups is 2. The van der Waals surface area contributed by atoms with Crippen LogP contribution in [0, 0.1) is 0 Å². The first-order chi connectivity index (χ1) is 13.8. The number of unbranched alkanes of at least 4 members (excludes halogenated alkanes) is 10. The topological polar surface area (TPSA) is 34.1 Å². The summed E-state index contributed by atoms with van der Waals surface area (Å²) >= 11 is 3.43. The summed E-state index contributed by atoms with van der Waals surface area (Å²) in [5.41, 5.74) is 1.46. The molecule has 0 saturated heterocycles. The summed E-state index contributed by atoms with van der Waals surface area (Å²) in [5.74, 6) is 2.02. The fourth-order valence-electron chi connectivity index (χ4n) is 3.15. The zero-order valence-electron chi connectivity index (χ0n) is 17.8. The van der Waals surface area contributed by atoms with Crippen molar-refractivity contribution >= 4 is 36.1 Å². The minimum Gasteiger partial charge on any atom is -0.298 e. The number of carbonyl (C=O) groups excluding carboxylic acids is 2. The first-order valence-corrected chi connectivity index (χ1v) is 13.1. The fourth-order valence-corrected chi connectivity index (χ4v) is 5.26. The van der Waals surface area contributed by atoms with Gasteiger partial charge in [0, 0.05) is 20.9 Å². The van der Waals surface area contributed by atoms with Crippen LogP contribution in [-0.2, 0) is 0 Å². The number of aldehydes is 2. The van der Waals surface area contributed by atoms with Crippen molar-refractivity contribution in [3.63, 3.8) is 0 Å². The van der Waals surface area contributed by atoms with E-state index in [0.717, 1.165) is 57.8 Å². The highest BCUT2D eigenvalue weighted by Crippen LogP contribution is 2.31. The summed E-state index contributed by atoms with van der Waals surface area (Å²) in [6.45, 7) is 4.47. The standard InChI is InChI=1S/C24H38O2S2/c1-3-5-7-9-11-13-15-27-23-17-22(20-26)24(18-21(23)19-25)28-16-14-12-10-8-6-4-2/h17-20H,3-16H2,1-2H3. The molecule has 1 aromatic carbocycles. The Morgan fingerprint density at radius 2 is 0.964 bits per heavy atom. The molecule has 0 aromatic heterocycles. The van der Waals surface area contributed by atoms with Gasteiger partial charge in [0.15, 0.2) is 12.6 Å². The Hall–Kier alpha value is -0.740. The molecule has 0 aliphatic carbocycles. The summed E-state index contributed by atoms with van der Waals surface area (Å²) in [4.78, 5) is 25.0. The highest BCUT2D eigenvalue weighted by atomic mass is 32.2. The van der Waals surface area contributed by atoms with Crippen LogP contribution >= 0.6 is 23.5 Å². The van der Waals surface area contributed by atoms with Crippen molar-refractivity contribution < 1.29 is 9.59 Å². The van der Waals surface area contributed by atoms with E-state index >= 15 is 0 Å². The molecule has 0 spiro atoms. The third kappa shape index (κ3) is 10.7. The largest absolute Gasteiger partial charge is 0.298 e. The van der Waals surface area contributed by atoms with Gasteiger partial charge in [-0.2, -0.15) is 0 Å². The molecule has 158 valence electrons. The maximum absolute atomic E-state index is 11.6. The summed E-state index contributed by atoms with van der Waals surface area (Å²) in [5, 5.41) is 0. The van der Waals surface area contributed by atoms with Gasteiger partial charge in [-0.25, -0.2) is 0 Å². The third-order valence-corrected chi connectivity index (χ3v) is 7.22. The van der Waals surface area contributed by atoms with Crippen LogP contribution in [0.25, 0.3) is 0 Å². The van der Waals surface area contributed by atoms with E-state index in [2.05, 4.69) is 13.8 Å². The van der Waals surface area contributed by atoms with Gasteiger partial charge in [0.25, 0.3) is 0 Å². The zero-order chi connectivity index (χ0) is 20.5. The molecule has 1 rings (SSSR count). The first kappa shape index (κ1) is 25.3. The van der Waals surface area contributed by atoms with Gasteiger partial charge in [0.1, 0.15) is 0 Å². The Labute approximate surface area is 181 Å². The second-order valence-electron chi connectivity index (χ2n) is 7.40. The summed E-state index contributed by atoms with van der Waals surface area (Å²) < 4.78 is 0. The monoisotopic (exact) mass is 422 g/mol. The Morgan fingerprint density at radius 3 is 1.32 bits per heavy atom. The van der Waals surface area contributed by atoms with Gasteiger partial charge in [-0.1, -0.05) is 78.1 Å². The first-order valence-electron chi connectivity index (χ1n) is 11.1. The molecule has 0 fully saturated rings. The summed E-state index contributed by atoms with van der Waals surface area (Å²) in [6.07, 6.45) is 17.1. The smallest absolute Gasteiger partial charge is 0.151 e. The molecule has 4 heteroatoms. The highest BCUT2D eigenvalue weighted by Gasteiger charge is 2.10. The van der Waals surface area contributed by atoms with Gasteiger partial charge in [0.2, 0.25) is 0 Å². The fraction of sp³-hybridized carbons (Fsp3) is 0.667. The van der Waals surface area contributed by atoms with E-state index in [1.807, 2.05) is 12.1 Å². The van der Waals surface area contributed by atoms with E-state index in [1.54, 1.807) is 23.5 Å². The number of benzene rings is 1. The lowest BCUT2D eigenvalue weighted by atomic mass is 10.1. The zero-order valence-corrected chi connectivity index (χ0v) is 19.5. The van der Waals surface area contributed by atoms with E-state index in [9.17, 15) is 9.59 Å². The molecule has 0 atom stereocenters. The van der Waals surface area contributed by atoms with Crippen LogP contribution in [0.2, 0.25) is 0 Å². The number of carbonyl (C=O) groups is 2. The van der Waals surface area contributed by atoms with Gasteiger partial charge in [-0.15, -0.1) is 23.5 Å². The van der Waals surface area contributed by atoms with E-state index < -0.39 is 0 Å². The number of hydrogen-bond acceptors (Lipinski definition) is 4. The van der Waals surface area contributed by atoms with Crippen LogP contribution in [0.4, 0.5) is 0 Å². The van der Waals surface area contributed by atoms with Crippen LogP contribution in [0.1, 0.15) is 112 Å². The predicted octanol–water partition coefficient (Wildman–Crippen LogP) is 8.22. The third-order valence-electron chi connectivity index (χ3n) is 4.91. The molecule has 0 radical (unpaired) electrons. The predicted molar refractivity (Wildman–Crippen MR) is 125 cm³/mol. The van der Waals surface area contributed by atoms with Crippen molar-refractivity contribution in [3.8, 4) is 0 Å². The summed E-state index contributed by atoms with van der Waals surface area (Å²) in [7, 11) is 0. The van der Waals surface area contributed by atoms with Crippen molar-refractivity contribution in [1.29, 1.82) is 0 Å². The van der Waals surface area contributed by atoms with Crippen LogP contribution in [0.5, 0.6) is 0 Å². The maximum Gasteiger partial charge on any atom is 0.151 e. The summed E-state index contributed by atoms with van der Waals surface area (Å²) in [6, 6.07) is 3.84. The molecule has 0 saturated carbocycles. The van der Waals surface area contributed by atoms with Crippen molar-refractivity contribution in [1.82, 2.24) is 0 Å². The van der Waals surface area contributed by atoms with E-state index in [1.165, 1.54) is 64.2 Å². The molecule has 28 heavy (non-hydrogen) atoms. The average molecular weight is 423 g/mol. The second-order valence-corrected chi connectivity index (χ2v) is 9.67. The lowest BCUT2D eigenvalue weighted by Crippen LogP contribution is -1.95. The van der Waals surface area contributed by atoms with Gasteiger partial charge in [-0.05, 0) is 36.5 Å². The average Bonchev–Trinajstić information content (AvgIpc) is 2.72. The number of rotatable bonds is 18. The Morgan fingerprint density at radius 1 is 0.607 bits per heavy atom. The van der Waals surface area contributed by atoms with Crippen molar-refractivity contribution in [2.75, 3.05) is 11.5 Å². The van der Waals surface area contributed by atoms with Crippen LogP contribution in [-0.4, -0.2) is 24.1 Å². The van der Waals surface area contributed by atoms with Crippen molar-refractivity contribution in [2.45, 2.75) is 101 Å². The Bertz CT molecular complexity index is 508. The molecular formula is C24H38O2S2. The molecule has 2 nitrogen and oxygen atoms in total. The van der Waals surface area contributed by atoms with Crippen LogP contribution in [0.15, 0.2) is 21.9 Å². The molecule has 0 N–H and O–H groups in total. The molecular weight excluding hydrogens is 384 g/mol. The van der Waals surface area contributed by atoms with Gasteiger partial charge >= 0.3 is 0 Å². The lowest BCUT2D eigenvalue weighted by Gasteiger charge is -2.11. The minimum atomic E-state index is 0.729. The minimum absolute atomic E-state index is 0.729. The van der Waals surface area contributed by atoms with Gasteiger partial charge < -0.3 is 0 Å². The quantitative estimate of drug-likeness (QED) is 0.136. The molecule has 1 aromatic rings. The Kier molecular flexibility index (Phi) is 15.5. The molecule has 0 bridgehead atoms. The van der Waals surface area contributed by atoms with Gasteiger partial charge in [-0.3, -0.25) is 9.59 Å². The molecule has 0 aliphatic rings. The van der Waals surface area contributed by atoms with Crippen molar-refractivity contribution in [2.24, 2.45) is 0 Å².